The highest BCUT2D eigenvalue weighted by Crippen LogP contribution is 2.31. The van der Waals surface area contributed by atoms with Gasteiger partial charge in [-0.05, 0) is 108 Å². The summed E-state index contributed by atoms with van der Waals surface area (Å²) in [6.07, 6.45) is 7.35. The molecule has 1 aliphatic carbocycles. The molecule has 264 valence electrons. The lowest BCUT2D eigenvalue weighted by atomic mass is 9.82. The van der Waals surface area contributed by atoms with Crippen LogP contribution in [0.15, 0.2) is 30.5 Å². The fraction of sp³-hybridized carbons (Fsp3) is 0.629. The lowest BCUT2D eigenvalue weighted by molar-refractivity contribution is -0.00552. The summed E-state index contributed by atoms with van der Waals surface area (Å²) in [7, 11) is 0. The van der Waals surface area contributed by atoms with Gasteiger partial charge < -0.3 is 29.6 Å². The van der Waals surface area contributed by atoms with Crippen LogP contribution in [-0.2, 0) is 32.0 Å². The van der Waals surface area contributed by atoms with Gasteiger partial charge in [0, 0.05) is 49.3 Å². The Morgan fingerprint density at radius 1 is 1.20 bits per heavy atom. The number of tetrazole rings is 1. The third-order valence-corrected chi connectivity index (χ3v) is 9.27. The first-order chi connectivity index (χ1) is 23.8. The summed E-state index contributed by atoms with van der Waals surface area (Å²) in [4.78, 5) is 22.4. The van der Waals surface area contributed by atoms with E-state index in [-0.39, 0.29) is 19.3 Å². The molecule has 0 spiro atoms. The van der Waals surface area contributed by atoms with Crippen LogP contribution in [0.1, 0.15) is 82.6 Å². The Kier molecular flexibility index (Phi) is 12.9. The van der Waals surface area contributed by atoms with Crippen molar-refractivity contribution in [2.75, 3.05) is 38.3 Å². The minimum atomic E-state index is -0.776. The van der Waals surface area contributed by atoms with Crippen LogP contribution in [0.25, 0.3) is 11.3 Å². The predicted octanol–water partition coefficient (Wildman–Crippen LogP) is 5.16. The maximum Gasteiger partial charge on any atom is 0.510 e. The van der Waals surface area contributed by atoms with Crippen LogP contribution in [0.5, 0.6) is 0 Å². The minimum Gasteiger partial charge on any atom is -0.435 e. The molecule has 0 bridgehead atoms. The van der Waals surface area contributed by atoms with Gasteiger partial charge in [-0.3, -0.25) is 4.98 Å². The predicted molar refractivity (Wildman–Crippen MR) is 181 cm³/mol. The number of rotatable bonds is 15. The first kappa shape index (κ1) is 36.1. The van der Waals surface area contributed by atoms with E-state index in [1.807, 2.05) is 24.4 Å². The van der Waals surface area contributed by atoms with Gasteiger partial charge in [0.25, 0.3) is 0 Å². The molecule has 2 N–H and O–H groups in total. The number of nitrogens with one attached hydrogen (secondary N) is 2. The topological polar surface area (TPSA) is 171 Å². The van der Waals surface area contributed by atoms with Crippen molar-refractivity contribution in [1.82, 2.24) is 35.5 Å². The molecule has 1 saturated heterocycles. The summed E-state index contributed by atoms with van der Waals surface area (Å²) in [5.41, 5.74) is 3.77. The second kappa shape index (κ2) is 17.5. The quantitative estimate of drug-likeness (QED) is 0.203. The highest BCUT2D eigenvalue weighted by molar-refractivity contribution is 5.65. The second-order valence-electron chi connectivity index (χ2n) is 13.2. The van der Waals surface area contributed by atoms with Crippen LogP contribution in [0.2, 0.25) is 0 Å². The molecule has 0 unspecified atom stereocenters. The fourth-order valence-corrected chi connectivity index (χ4v) is 6.40. The first-order valence-electron chi connectivity index (χ1n) is 17.4. The number of carbonyl (C=O) groups excluding carboxylic acids is 1. The molecule has 2 fully saturated rings. The molecule has 49 heavy (non-hydrogen) atoms. The molecule has 2 atom stereocenters. The van der Waals surface area contributed by atoms with E-state index >= 15 is 0 Å². The van der Waals surface area contributed by atoms with Gasteiger partial charge >= 0.3 is 6.16 Å². The Morgan fingerprint density at radius 2 is 2.00 bits per heavy atom. The van der Waals surface area contributed by atoms with Gasteiger partial charge in [0.2, 0.25) is 12.1 Å². The molecule has 2 aliphatic rings. The van der Waals surface area contributed by atoms with E-state index in [9.17, 15) is 10.1 Å². The Morgan fingerprint density at radius 3 is 2.76 bits per heavy atom. The summed E-state index contributed by atoms with van der Waals surface area (Å²) in [6.45, 7) is 10.3. The van der Waals surface area contributed by atoms with Crippen molar-refractivity contribution in [2.45, 2.75) is 97.6 Å². The molecule has 1 saturated carbocycles. The summed E-state index contributed by atoms with van der Waals surface area (Å²) in [5, 5.41) is 29.1. The molecule has 3 aromatic rings. The number of hydrogen-bond donors (Lipinski definition) is 2. The average molecular weight is 676 g/mol. The van der Waals surface area contributed by atoms with Crippen molar-refractivity contribution >= 4 is 12.0 Å². The average Bonchev–Trinajstić information content (AvgIpc) is 3.59. The Labute approximate surface area is 288 Å². The van der Waals surface area contributed by atoms with Crippen molar-refractivity contribution in [1.29, 1.82) is 5.26 Å². The third-order valence-electron chi connectivity index (χ3n) is 9.27. The number of hydrogen-bond acceptors (Lipinski definition) is 13. The summed E-state index contributed by atoms with van der Waals surface area (Å²) < 4.78 is 21.2. The standard InChI is InChI=1S/C35H49N9O5/c1-5-48-34(45)49-26(4)44-42-33(41-43-44)21-47-20-25(3)39-28-11-9-27(10-12-28)17-29-18-30(24(2)19-37-29)31-7-6-8-32(40-31)38-23-35(22-36)13-15-46-16-14-35/h6-8,18-19,25-28,39H,5,9-17,20-21,23H2,1-4H3,(H,38,40)/t25-,26+,27?,28?/m1/s1. The van der Waals surface area contributed by atoms with E-state index in [1.54, 1.807) is 13.8 Å². The molecule has 1 aliphatic heterocycles. The van der Waals surface area contributed by atoms with Crippen LogP contribution in [0.3, 0.4) is 0 Å². The maximum atomic E-state index is 11.5. The SMILES string of the molecule is CCOC(=O)O[C@@H](C)n1nnc(COC[C@@H](C)NC2CCC(Cc3cc(-c4cccc(NCC5(C#N)CCOCC5)n4)c(C)cn3)CC2)n1. The van der Waals surface area contributed by atoms with Gasteiger partial charge in [0.15, 0.2) is 0 Å². The van der Waals surface area contributed by atoms with Crippen molar-refractivity contribution in [2.24, 2.45) is 11.3 Å². The number of pyridine rings is 2. The molecular weight excluding hydrogens is 626 g/mol. The summed E-state index contributed by atoms with van der Waals surface area (Å²) in [6, 6.07) is 11.3. The van der Waals surface area contributed by atoms with Crippen LogP contribution < -0.4 is 10.6 Å². The van der Waals surface area contributed by atoms with Crippen molar-refractivity contribution in [3.05, 3.63) is 47.5 Å². The van der Waals surface area contributed by atoms with E-state index in [0.29, 0.717) is 44.1 Å². The van der Waals surface area contributed by atoms with Gasteiger partial charge in [-0.1, -0.05) is 6.07 Å². The number of carbonyl (C=O) groups is 1. The molecule has 0 radical (unpaired) electrons. The van der Waals surface area contributed by atoms with Gasteiger partial charge in [-0.25, -0.2) is 9.78 Å². The van der Waals surface area contributed by atoms with E-state index in [0.717, 1.165) is 73.3 Å². The molecule has 4 heterocycles. The van der Waals surface area contributed by atoms with Crippen molar-refractivity contribution in [3.8, 4) is 17.3 Å². The molecule has 5 rings (SSSR count). The number of nitriles is 1. The molecule has 0 aromatic carbocycles. The monoisotopic (exact) mass is 675 g/mol. The number of aromatic nitrogens is 6. The van der Waals surface area contributed by atoms with E-state index in [1.165, 1.54) is 4.80 Å². The zero-order valence-electron chi connectivity index (χ0n) is 29.1. The Bertz CT molecular complexity index is 1550. The summed E-state index contributed by atoms with van der Waals surface area (Å²) in [5.74, 6) is 1.78. The van der Waals surface area contributed by atoms with Gasteiger partial charge in [0.1, 0.15) is 12.4 Å². The molecular formula is C35H49N9O5. The van der Waals surface area contributed by atoms with Gasteiger partial charge in [-0.2, -0.15) is 5.26 Å². The van der Waals surface area contributed by atoms with E-state index < -0.39 is 17.8 Å². The zero-order chi connectivity index (χ0) is 34.6. The number of aryl methyl sites for hydroxylation is 1. The lowest BCUT2D eigenvalue weighted by Gasteiger charge is -2.31. The van der Waals surface area contributed by atoms with Crippen molar-refractivity contribution < 1.29 is 23.7 Å². The lowest BCUT2D eigenvalue weighted by Crippen LogP contribution is -2.41. The second-order valence-corrected chi connectivity index (χ2v) is 13.2. The summed E-state index contributed by atoms with van der Waals surface area (Å²) >= 11 is 0. The van der Waals surface area contributed by atoms with Crippen LogP contribution in [-0.4, -0.2) is 81.4 Å². The number of anilines is 1. The van der Waals surface area contributed by atoms with Gasteiger partial charge in [-0.15, -0.1) is 15.0 Å². The normalized spacial score (nSPS) is 20.1. The largest absolute Gasteiger partial charge is 0.510 e. The van der Waals surface area contributed by atoms with Crippen LogP contribution in [0.4, 0.5) is 10.6 Å². The van der Waals surface area contributed by atoms with Crippen LogP contribution in [0, 0.1) is 29.6 Å². The third kappa shape index (κ3) is 10.4. The maximum absolute atomic E-state index is 11.5. The van der Waals surface area contributed by atoms with E-state index in [4.69, 9.17) is 28.9 Å². The highest BCUT2D eigenvalue weighted by Gasteiger charge is 2.32. The van der Waals surface area contributed by atoms with Crippen LogP contribution >= 0.6 is 0 Å². The molecule has 14 nitrogen and oxygen atoms in total. The molecule has 14 heteroatoms. The highest BCUT2D eigenvalue weighted by atomic mass is 16.7. The molecule has 3 aromatic heterocycles. The Balaban J connectivity index is 1.04. The van der Waals surface area contributed by atoms with Crippen molar-refractivity contribution in [3.63, 3.8) is 0 Å². The fourth-order valence-electron chi connectivity index (χ4n) is 6.40. The Hall–Kier alpha value is -4.19. The van der Waals surface area contributed by atoms with Gasteiger partial charge in [0.05, 0.1) is 30.4 Å². The number of ether oxygens (including phenoxy) is 4. The first-order valence-corrected chi connectivity index (χ1v) is 17.4. The number of nitrogens with zero attached hydrogens (tertiary/aromatic N) is 7. The minimum absolute atomic E-state index is 0.170. The molecule has 0 amide bonds. The smallest absolute Gasteiger partial charge is 0.435 e. The zero-order valence-corrected chi connectivity index (χ0v) is 29.1. The van der Waals surface area contributed by atoms with E-state index in [2.05, 4.69) is 52.0 Å².